The molecule has 0 spiro atoms. The summed E-state index contributed by atoms with van der Waals surface area (Å²) in [4.78, 5) is 27.6. The number of amides is 1. The number of carbonyl (C=O) groups is 2. The predicted molar refractivity (Wildman–Crippen MR) is 89.3 cm³/mol. The number of nitrogens with zero attached hydrogens (tertiary/aromatic N) is 1. The molecule has 114 valence electrons. The van der Waals surface area contributed by atoms with Gasteiger partial charge in [0.2, 0.25) is 11.6 Å². The molecule has 0 atom stereocenters. The summed E-state index contributed by atoms with van der Waals surface area (Å²) >= 11 is 0. The number of hydrogen-bond donors (Lipinski definition) is 2. The molecule has 5 nitrogen and oxygen atoms in total. The molecule has 0 unspecified atom stereocenters. The van der Waals surface area contributed by atoms with E-state index >= 15 is 0 Å². The normalized spacial score (nSPS) is 12.6. The van der Waals surface area contributed by atoms with Gasteiger partial charge in [0.05, 0.1) is 0 Å². The first kappa shape index (κ1) is 13.0. The number of H-pyrrole nitrogens is 1. The smallest absolute Gasteiger partial charge is 0.284 e. The quantitative estimate of drug-likeness (QED) is 0.465. The zero-order valence-corrected chi connectivity index (χ0v) is 12.5. The van der Waals surface area contributed by atoms with E-state index in [1.54, 1.807) is 12.1 Å². The van der Waals surface area contributed by atoms with Gasteiger partial charge in [-0.05, 0) is 24.3 Å². The van der Waals surface area contributed by atoms with Crippen molar-refractivity contribution in [2.75, 3.05) is 0 Å². The number of pyridine rings is 1. The van der Waals surface area contributed by atoms with Gasteiger partial charge >= 0.3 is 0 Å². The zero-order chi connectivity index (χ0) is 16.4. The number of benzene rings is 2. The molecule has 1 aliphatic rings. The van der Waals surface area contributed by atoms with Crippen molar-refractivity contribution in [2.24, 2.45) is 5.73 Å². The second-order valence-corrected chi connectivity index (χ2v) is 5.92. The average molecular weight is 314 g/mol. The third-order valence-electron chi connectivity index (χ3n) is 4.61. The van der Waals surface area contributed by atoms with Crippen LogP contribution in [0.4, 0.5) is 0 Å². The Hall–Kier alpha value is -3.47. The summed E-state index contributed by atoms with van der Waals surface area (Å²) in [6.45, 7) is 0. The molecule has 5 rings (SSSR count). The summed E-state index contributed by atoms with van der Waals surface area (Å²) in [6.07, 6.45) is 1.89. The highest BCUT2D eigenvalue weighted by atomic mass is 16.1. The molecule has 0 bridgehead atoms. The van der Waals surface area contributed by atoms with E-state index in [1.807, 2.05) is 47.2 Å². The van der Waals surface area contributed by atoms with Crippen molar-refractivity contribution >= 4 is 33.5 Å². The van der Waals surface area contributed by atoms with Gasteiger partial charge in [-0.15, -0.1) is 0 Å². The molecule has 0 saturated carbocycles. The lowest BCUT2D eigenvalue weighted by molar-refractivity contribution is -0.592. The zero-order valence-electron chi connectivity index (χ0n) is 12.5. The number of hydrogen-bond acceptors (Lipinski definition) is 2. The number of aromatic nitrogens is 2. The Morgan fingerprint density at radius 1 is 1.04 bits per heavy atom. The molecule has 4 aromatic rings. The van der Waals surface area contributed by atoms with E-state index in [2.05, 4.69) is 4.98 Å². The third kappa shape index (κ3) is 1.50. The summed E-state index contributed by atoms with van der Waals surface area (Å²) in [5.74, 6) is -0.469. The number of rotatable bonds is 1. The molecule has 2 aromatic carbocycles. The van der Waals surface area contributed by atoms with Gasteiger partial charge < -0.3 is 10.7 Å². The predicted octanol–water partition coefficient (Wildman–Crippen LogP) is 2.24. The van der Waals surface area contributed by atoms with E-state index in [-0.39, 0.29) is 5.78 Å². The van der Waals surface area contributed by atoms with Crippen molar-refractivity contribution in [1.29, 1.82) is 0 Å². The van der Waals surface area contributed by atoms with Gasteiger partial charge in [-0.1, -0.05) is 12.1 Å². The Kier molecular flexibility index (Phi) is 2.33. The average Bonchev–Trinajstić information content (AvgIpc) is 3.10. The molecule has 3 heterocycles. The van der Waals surface area contributed by atoms with Crippen LogP contribution < -0.4 is 10.3 Å². The lowest BCUT2D eigenvalue weighted by Crippen LogP contribution is -2.31. The first-order valence-corrected chi connectivity index (χ1v) is 7.59. The van der Waals surface area contributed by atoms with Gasteiger partial charge in [-0.25, -0.2) is 0 Å². The maximum atomic E-state index is 12.8. The number of aromatic amines is 1. The van der Waals surface area contributed by atoms with Crippen LogP contribution in [-0.2, 0) is 0 Å². The minimum Gasteiger partial charge on any atom is -0.366 e. The number of nitrogens with one attached hydrogen (secondary N) is 1. The fourth-order valence-electron chi connectivity index (χ4n) is 3.50. The standard InChI is InChI=1S/C19H11N3O2/c20-19(24)10-5-6-14-13(9-10)11-7-8-22-15-4-2-1-3-12(15)18(23)17(22)16(11)21-14/h1-9H,(H2,20,24)/p+1. The molecular formula is C19H12N3O2+. The second kappa shape index (κ2) is 4.29. The molecule has 1 amide bonds. The number of carbonyl (C=O) groups excluding carboxylic acids is 2. The van der Waals surface area contributed by atoms with Gasteiger partial charge in [0, 0.05) is 34.0 Å². The SMILES string of the molecule is NC(=O)c1ccc2[nH]c3c4[n+](ccc3c2c1)-c1ccccc1C4=O. The largest absolute Gasteiger partial charge is 0.366 e. The van der Waals surface area contributed by atoms with E-state index < -0.39 is 5.91 Å². The Labute approximate surface area is 136 Å². The third-order valence-corrected chi connectivity index (χ3v) is 4.61. The van der Waals surface area contributed by atoms with Gasteiger partial charge in [-0.2, -0.15) is 4.57 Å². The van der Waals surface area contributed by atoms with Crippen LogP contribution in [0.15, 0.2) is 54.7 Å². The number of primary amides is 1. The van der Waals surface area contributed by atoms with Crippen LogP contribution in [0.25, 0.3) is 27.5 Å². The Balaban J connectivity index is 1.89. The van der Waals surface area contributed by atoms with E-state index in [9.17, 15) is 9.59 Å². The maximum Gasteiger partial charge on any atom is 0.284 e. The molecule has 5 heteroatoms. The van der Waals surface area contributed by atoms with Crippen LogP contribution in [0.1, 0.15) is 26.4 Å². The van der Waals surface area contributed by atoms with Crippen LogP contribution in [-0.4, -0.2) is 16.7 Å². The molecule has 0 radical (unpaired) electrons. The molecule has 2 aromatic heterocycles. The van der Waals surface area contributed by atoms with Gasteiger partial charge in [0.25, 0.3) is 11.5 Å². The van der Waals surface area contributed by atoms with Crippen LogP contribution in [0.5, 0.6) is 0 Å². The van der Waals surface area contributed by atoms with Crippen LogP contribution in [0.2, 0.25) is 0 Å². The van der Waals surface area contributed by atoms with E-state index in [4.69, 9.17) is 5.73 Å². The molecular weight excluding hydrogens is 302 g/mol. The van der Waals surface area contributed by atoms with E-state index in [0.29, 0.717) is 16.8 Å². The van der Waals surface area contributed by atoms with Crippen LogP contribution >= 0.6 is 0 Å². The fourth-order valence-corrected chi connectivity index (χ4v) is 3.50. The molecule has 0 fully saturated rings. The minimum absolute atomic E-state index is 0.00196. The number of fused-ring (bicyclic) bond motifs is 7. The topological polar surface area (TPSA) is 79.8 Å². The van der Waals surface area contributed by atoms with Crippen molar-refractivity contribution in [3.63, 3.8) is 0 Å². The molecule has 0 saturated heterocycles. The summed E-state index contributed by atoms with van der Waals surface area (Å²) in [7, 11) is 0. The molecule has 0 aliphatic carbocycles. The molecule has 3 N–H and O–H groups in total. The van der Waals surface area contributed by atoms with Gasteiger partial charge in [0.15, 0.2) is 6.20 Å². The molecule has 24 heavy (non-hydrogen) atoms. The van der Waals surface area contributed by atoms with Crippen molar-refractivity contribution < 1.29 is 14.2 Å². The van der Waals surface area contributed by atoms with Crippen molar-refractivity contribution in [3.05, 3.63) is 71.5 Å². The van der Waals surface area contributed by atoms with Crippen molar-refractivity contribution in [1.82, 2.24) is 4.98 Å². The Morgan fingerprint density at radius 3 is 2.71 bits per heavy atom. The number of nitrogens with two attached hydrogens (primary N) is 1. The Bertz CT molecular complexity index is 1200. The van der Waals surface area contributed by atoms with E-state index in [1.165, 1.54) is 0 Å². The summed E-state index contributed by atoms with van der Waals surface area (Å²) in [5, 5.41) is 1.79. The van der Waals surface area contributed by atoms with Crippen LogP contribution in [0, 0.1) is 0 Å². The summed E-state index contributed by atoms with van der Waals surface area (Å²) in [5.41, 5.74) is 9.67. The highest BCUT2D eigenvalue weighted by Crippen LogP contribution is 2.31. The second-order valence-electron chi connectivity index (χ2n) is 5.92. The highest BCUT2D eigenvalue weighted by molar-refractivity contribution is 6.20. The summed E-state index contributed by atoms with van der Waals surface area (Å²) < 4.78 is 1.91. The van der Waals surface area contributed by atoms with E-state index in [0.717, 1.165) is 27.5 Å². The maximum absolute atomic E-state index is 12.8. The lowest BCUT2D eigenvalue weighted by Gasteiger charge is -1.96. The van der Waals surface area contributed by atoms with Crippen molar-refractivity contribution in [3.8, 4) is 5.69 Å². The van der Waals surface area contributed by atoms with Crippen molar-refractivity contribution in [2.45, 2.75) is 0 Å². The van der Waals surface area contributed by atoms with Gasteiger partial charge in [-0.3, -0.25) is 9.59 Å². The minimum atomic E-state index is -0.467. The number of ketones is 1. The highest BCUT2D eigenvalue weighted by Gasteiger charge is 2.37. The van der Waals surface area contributed by atoms with Gasteiger partial charge in [0.1, 0.15) is 11.1 Å². The first-order chi connectivity index (χ1) is 11.6. The molecule has 1 aliphatic heterocycles. The Morgan fingerprint density at radius 2 is 1.88 bits per heavy atom. The monoisotopic (exact) mass is 314 g/mol. The summed E-state index contributed by atoms with van der Waals surface area (Å²) in [6, 6.07) is 14.8. The first-order valence-electron chi connectivity index (χ1n) is 7.59. The van der Waals surface area contributed by atoms with Crippen LogP contribution in [0.3, 0.4) is 0 Å². The lowest BCUT2D eigenvalue weighted by atomic mass is 10.1. The fraction of sp³-hybridized carbons (Fsp3) is 0. The number of para-hydroxylation sites is 1.